The van der Waals surface area contributed by atoms with Crippen LogP contribution >= 0.6 is 0 Å². The van der Waals surface area contributed by atoms with E-state index in [0.717, 1.165) is 11.3 Å². The minimum Gasteiger partial charge on any atom is -0.316 e. The molecule has 0 aromatic heterocycles. The second kappa shape index (κ2) is 9.04. The van der Waals surface area contributed by atoms with Crippen molar-refractivity contribution in [2.75, 3.05) is 13.1 Å². The summed E-state index contributed by atoms with van der Waals surface area (Å²) in [7, 11) is 0. The molecule has 2 aliphatic rings. The highest BCUT2D eigenvalue weighted by molar-refractivity contribution is 4.90. The van der Waals surface area contributed by atoms with Gasteiger partial charge in [-0.05, 0) is 37.1 Å². The monoisotopic (exact) mass is 227 g/mol. The summed E-state index contributed by atoms with van der Waals surface area (Å²) >= 11 is 0. The van der Waals surface area contributed by atoms with Crippen LogP contribution in [0.4, 0.5) is 0 Å². The third-order valence-corrected chi connectivity index (χ3v) is 3.67. The fraction of sp³-hybridized carbons (Fsp3) is 1.00. The molecule has 0 radical (unpaired) electrons. The summed E-state index contributed by atoms with van der Waals surface area (Å²) < 4.78 is 0. The number of hydrogen-bond donors (Lipinski definition) is 1. The van der Waals surface area contributed by atoms with E-state index in [2.05, 4.69) is 26.1 Å². The quantitative estimate of drug-likeness (QED) is 0.637. The van der Waals surface area contributed by atoms with Crippen molar-refractivity contribution in [3.8, 4) is 0 Å². The van der Waals surface area contributed by atoms with E-state index in [1.54, 1.807) is 0 Å². The summed E-state index contributed by atoms with van der Waals surface area (Å²) in [6.45, 7) is 13.2. The third-order valence-electron chi connectivity index (χ3n) is 3.67. The zero-order chi connectivity index (χ0) is 12.4. The number of nitrogens with one attached hydrogen (secondary N) is 1. The Kier molecular flexibility index (Phi) is 9.02. The van der Waals surface area contributed by atoms with Crippen LogP contribution in [0.25, 0.3) is 0 Å². The van der Waals surface area contributed by atoms with Gasteiger partial charge in [0.2, 0.25) is 0 Å². The average molecular weight is 227 g/mol. The van der Waals surface area contributed by atoms with Gasteiger partial charge in [-0.1, -0.05) is 53.9 Å². The largest absolute Gasteiger partial charge is 0.316 e. The van der Waals surface area contributed by atoms with E-state index in [1.165, 1.54) is 51.6 Å². The number of rotatable bonds is 0. The van der Waals surface area contributed by atoms with E-state index in [0.29, 0.717) is 0 Å². The second-order valence-electron chi connectivity index (χ2n) is 5.32. The molecular formula is C15H33N. The Morgan fingerprint density at radius 2 is 1.56 bits per heavy atom. The Labute approximate surface area is 103 Å². The first-order valence-electron chi connectivity index (χ1n) is 7.43. The van der Waals surface area contributed by atoms with Crippen molar-refractivity contribution in [1.82, 2.24) is 5.32 Å². The van der Waals surface area contributed by atoms with Crippen LogP contribution in [0.1, 0.15) is 73.1 Å². The van der Waals surface area contributed by atoms with Crippen LogP contribution in [0, 0.1) is 11.3 Å². The van der Waals surface area contributed by atoms with E-state index < -0.39 is 0 Å². The highest BCUT2D eigenvalue weighted by atomic mass is 14.9. The maximum atomic E-state index is 3.50. The molecule has 1 aliphatic heterocycles. The van der Waals surface area contributed by atoms with Gasteiger partial charge in [0.05, 0.1) is 0 Å². The zero-order valence-electron chi connectivity index (χ0n) is 12.2. The van der Waals surface area contributed by atoms with Gasteiger partial charge in [-0.3, -0.25) is 0 Å². The molecule has 1 nitrogen and oxygen atoms in total. The van der Waals surface area contributed by atoms with Crippen molar-refractivity contribution >= 4 is 0 Å². The minimum absolute atomic E-state index is 0.743. The molecule has 0 aromatic rings. The molecule has 1 N–H and O–H groups in total. The minimum atomic E-state index is 0.743. The van der Waals surface area contributed by atoms with E-state index in [-0.39, 0.29) is 0 Å². The molecule has 1 spiro atoms. The van der Waals surface area contributed by atoms with E-state index in [1.807, 2.05) is 13.8 Å². The molecule has 0 unspecified atom stereocenters. The molecule has 98 valence electrons. The average Bonchev–Trinajstić information content (AvgIpc) is 2.76. The zero-order valence-corrected chi connectivity index (χ0v) is 12.2. The van der Waals surface area contributed by atoms with Gasteiger partial charge in [0.15, 0.2) is 0 Å². The van der Waals surface area contributed by atoms with Gasteiger partial charge < -0.3 is 5.32 Å². The van der Waals surface area contributed by atoms with Crippen molar-refractivity contribution < 1.29 is 0 Å². The van der Waals surface area contributed by atoms with Gasteiger partial charge in [-0.25, -0.2) is 0 Å². The topological polar surface area (TPSA) is 12.0 Å². The molecule has 1 saturated heterocycles. The Bertz CT molecular complexity index is 138. The third kappa shape index (κ3) is 5.34. The lowest BCUT2D eigenvalue weighted by Crippen LogP contribution is -2.28. The van der Waals surface area contributed by atoms with Crippen LogP contribution in [-0.2, 0) is 0 Å². The van der Waals surface area contributed by atoms with Crippen LogP contribution in [0.5, 0.6) is 0 Å². The lowest BCUT2D eigenvalue weighted by molar-refractivity contribution is 0.178. The lowest BCUT2D eigenvalue weighted by atomic mass is 9.70. The van der Waals surface area contributed by atoms with E-state index >= 15 is 0 Å². The van der Waals surface area contributed by atoms with Crippen LogP contribution in [0.15, 0.2) is 0 Å². The van der Waals surface area contributed by atoms with E-state index in [4.69, 9.17) is 0 Å². The summed E-state index contributed by atoms with van der Waals surface area (Å²) in [6.07, 6.45) is 8.62. The van der Waals surface area contributed by atoms with Gasteiger partial charge in [-0.15, -0.1) is 0 Å². The van der Waals surface area contributed by atoms with Gasteiger partial charge >= 0.3 is 0 Å². The first-order chi connectivity index (χ1) is 7.72. The van der Waals surface area contributed by atoms with Crippen LogP contribution in [0.3, 0.4) is 0 Å². The van der Waals surface area contributed by atoms with Crippen molar-refractivity contribution in [1.29, 1.82) is 0 Å². The first-order valence-corrected chi connectivity index (χ1v) is 7.43. The molecule has 1 heteroatoms. The first kappa shape index (κ1) is 16.0. The molecule has 2 fully saturated rings. The maximum Gasteiger partial charge on any atom is 0.000829 e. The van der Waals surface area contributed by atoms with Gasteiger partial charge in [0.25, 0.3) is 0 Å². The Hall–Kier alpha value is -0.0400. The Morgan fingerprint density at radius 1 is 1.06 bits per heavy atom. The maximum absolute atomic E-state index is 3.50. The van der Waals surface area contributed by atoms with Gasteiger partial charge in [0, 0.05) is 6.54 Å². The molecule has 0 bridgehead atoms. The summed E-state index contributed by atoms with van der Waals surface area (Å²) in [6, 6.07) is 0. The van der Waals surface area contributed by atoms with E-state index in [9.17, 15) is 0 Å². The summed E-state index contributed by atoms with van der Waals surface area (Å²) in [5.74, 6) is 1.00. The van der Waals surface area contributed by atoms with Crippen molar-refractivity contribution in [3.05, 3.63) is 0 Å². The normalized spacial score (nSPS) is 32.4. The van der Waals surface area contributed by atoms with Gasteiger partial charge in [-0.2, -0.15) is 0 Å². The highest BCUT2D eigenvalue weighted by Crippen LogP contribution is 2.42. The standard InChI is InChI=1S/C10H19N.C3H8.C2H6/c1-9-2-4-10(5-3-9)6-7-11-8-10;1-3-2;1-2/h9,11H,2-8H2,1H3;3H2,1-2H3;1-2H3. The Morgan fingerprint density at radius 3 is 1.94 bits per heavy atom. The van der Waals surface area contributed by atoms with Crippen LogP contribution in [-0.4, -0.2) is 13.1 Å². The molecule has 1 heterocycles. The lowest BCUT2D eigenvalue weighted by Gasteiger charge is -2.35. The predicted molar refractivity (Wildman–Crippen MR) is 74.9 cm³/mol. The van der Waals surface area contributed by atoms with Gasteiger partial charge in [0.1, 0.15) is 0 Å². The smallest absolute Gasteiger partial charge is 0.000829 e. The molecule has 2 rings (SSSR count). The summed E-state index contributed by atoms with van der Waals surface area (Å²) in [5, 5.41) is 3.50. The Balaban J connectivity index is 0.000000394. The highest BCUT2D eigenvalue weighted by Gasteiger charge is 2.36. The number of hydrogen-bond acceptors (Lipinski definition) is 1. The fourth-order valence-electron chi connectivity index (χ4n) is 2.60. The molecule has 0 aromatic carbocycles. The fourth-order valence-corrected chi connectivity index (χ4v) is 2.60. The summed E-state index contributed by atoms with van der Waals surface area (Å²) in [4.78, 5) is 0. The van der Waals surface area contributed by atoms with Crippen LogP contribution < -0.4 is 5.32 Å². The molecule has 16 heavy (non-hydrogen) atoms. The molecule has 0 atom stereocenters. The van der Waals surface area contributed by atoms with Crippen LogP contribution in [0.2, 0.25) is 0 Å². The van der Waals surface area contributed by atoms with Crippen molar-refractivity contribution in [3.63, 3.8) is 0 Å². The molecular weight excluding hydrogens is 194 g/mol. The SMILES string of the molecule is CC.CC1CCC2(CCNC2)CC1.CCC. The second-order valence-corrected chi connectivity index (χ2v) is 5.32. The predicted octanol–water partition coefficient (Wildman–Crippen LogP) is 4.62. The van der Waals surface area contributed by atoms with Crippen molar-refractivity contribution in [2.45, 2.75) is 73.1 Å². The molecule has 1 saturated carbocycles. The molecule has 1 aliphatic carbocycles. The van der Waals surface area contributed by atoms with Crippen molar-refractivity contribution in [2.24, 2.45) is 11.3 Å². The molecule has 0 amide bonds. The summed E-state index contributed by atoms with van der Waals surface area (Å²) in [5.41, 5.74) is 0.743.